The number of hydrogen-bond donors (Lipinski definition) is 2. The molecule has 13 heavy (non-hydrogen) atoms. The maximum atomic E-state index is 4.27. The number of allylic oxidation sites excluding steroid dienone is 2. The van der Waals surface area contributed by atoms with Gasteiger partial charge in [-0.15, -0.1) is 12.6 Å². The van der Waals surface area contributed by atoms with Crippen LogP contribution in [0.2, 0.25) is 0 Å². The second-order valence-electron chi connectivity index (χ2n) is 2.64. The topological polar surface area (TPSA) is 12.0 Å². The summed E-state index contributed by atoms with van der Waals surface area (Å²) in [5.41, 5.74) is 2.19. The summed E-state index contributed by atoms with van der Waals surface area (Å²) in [7, 11) is 1.87. The van der Waals surface area contributed by atoms with E-state index in [4.69, 9.17) is 0 Å². The summed E-state index contributed by atoms with van der Waals surface area (Å²) < 4.78 is 0. The molecule has 1 nitrogen and oxygen atoms in total. The van der Waals surface area contributed by atoms with Crippen LogP contribution in [-0.4, -0.2) is 7.05 Å². The third kappa shape index (κ3) is 2.67. The van der Waals surface area contributed by atoms with Gasteiger partial charge in [0.2, 0.25) is 0 Å². The summed E-state index contributed by atoms with van der Waals surface area (Å²) in [4.78, 5) is 0.960. The van der Waals surface area contributed by atoms with Crippen LogP contribution in [0.4, 0.5) is 0 Å². The van der Waals surface area contributed by atoms with Gasteiger partial charge in [0.1, 0.15) is 0 Å². The van der Waals surface area contributed by atoms with Crippen molar-refractivity contribution in [3.63, 3.8) is 0 Å². The third-order valence-electron chi connectivity index (χ3n) is 1.70. The predicted octanol–water partition coefficient (Wildman–Crippen LogP) is 2.72. The fourth-order valence-corrected chi connectivity index (χ4v) is 1.33. The molecular formula is C11H13NS. The Morgan fingerprint density at radius 1 is 1.54 bits per heavy atom. The first-order chi connectivity index (χ1) is 6.27. The van der Waals surface area contributed by atoms with Crippen molar-refractivity contribution in [1.29, 1.82) is 0 Å². The Labute approximate surface area is 84.6 Å². The van der Waals surface area contributed by atoms with Gasteiger partial charge in [0.05, 0.1) is 0 Å². The van der Waals surface area contributed by atoms with Crippen molar-refractivity contribution in [2.45, 2.75) is 4.90 Å². The SMILES string of the molecule is C=C/C(=C\NC)c1cccc(S)c1. The second-order valence-corrected chi connectivity index (χ2v) is 3.16. The standard InChI is InChI=1S/C11H13NS/c1-3-9(8-12-2)10-5-4-6-11(13)7-10/h3-8,12-13H,1H2,2H3/b9-8+. The minimum absolute atomic E-state index is 0.960. The Bertz CT molecular complexity index is 329. The molecule has 1 aromatic carbocycles. The first-order valence-corrected chi connectivity index (χ1v) is 4.52. The smallest absolute Gasteiger partial charge is 0.00461 e. The van der Waals surface area contributed by atoms with Gasteiger partial charge in [-0.3, -0.25) is 0 Å². The van der Waals surface area contributed by atoms with Crippen LogP contribution in [-0.2, 0) is 0 Å². The van der Waals surface area contributed by atoms with Crippen LogP contribution in [0, 0.1) is 0 Å². The average Bonchev–Trinajstić information content (AvgIpc) is 2.14. The molecule has 0 heterocycles. The molecule has 0 fully saturated rings. The fourth-order valence-electron chi connectivity index (χ4n) is 1.10. The number of nitrogens with one attached hydrogen (secondary N) is 1. The van der Waals surface area contributed by atoms with Gasteiger partial charge in [0, 0.05) is 18.1 Å². The Hall–Kier alpha value is -1.15. The lowest BCUT2D eigenvalue weighted by Crippen LogP contribution is -1.94. The van der Waals surface area contributed by atoms with Crippen LogP contribution >= 0.6 is 12.6 Å². The van der Waals surface area contributed by atoms with Crippen molar-refractivity contribution in [2.24, 2.45) is 0 Å². The van der Waals surface area contributed by atoms with Crippen LogP contribution in [0.25, 0.3) is 5.57 Å². The average molecular weight is 191 g/mol. The Kier molecular flexibility index (Phi) is 3.65. The summed E-state index contributed by atoms with van der Waals surface area (Å²) in [6, 6.07) is 7.97. The minimum atomic E-state index is 0.960. The van der Waals surface area contributed by atoms with E-state index in [-0.39, 0.29) is 0 Å². The van der Waals surface area contributed by atoms with Gasteiger partial charge in [-0.1, -0.05) is 24.8 Å². The van der Waals surface area contributed by atoms with E-state index in [1.165, 1.54) is 0 Å². The molecule has 1 N–H and O–H groups in total. The van der Waals surface area contributed by atoms with Gasteiger partial charge < -0.3 is 5.32 Å². The molecule has 2 heteroatoms. The van der Waals surface area contributed by atoms with E-state index in [0.29, 0.717) is 0 Å². The van der Waals surface area contributed by atoms with E-state index in [2.05, 4.69) is 24.5 Å². The molecule has 0 saturated carbocycles. The summed E-state index contributed by atoms with van der Waals surface area (Å²) in [6.07, 6.45) is 3.73. The molecule has 0 amide bonds. The van der Waals surface area contributed by atoms with Crippen molar-refractivity contribution in [3.8, 4) is 0 Å². The Morgan fingerprint density at radius 3 is 2.85 bits per heavy atom. The van der Waals surface area contributed by atoms with Crippen molar-refractivity contribution < 1.29 is 0 Å². The maximum Gasteiger partial charge on any atom is 0.00461 e. The van der Waals surface area contributed by atoms with E-state index >= 15 is 0 Å². The second kappa shape index (κ2) is 4.77. The summed E-state index contributed by atoms with van der Waals surface area (Å²) in [5.74, 6) is 0. The first kappa shape index (κ1) is 9.93. The largest absolute Gasteiger partial charge is 0.393 e. The summed E-state index contributed by atoms with van der Waals surface area (Å²) >= 11 is 4.27. The lowest BCUT2D eigenvalue weighted by molar-refractivity contribution is 1.11. The molecule has 0 spiro atoms. The Morgan fingerprint density at radius 2 is 2.31 bits per heavy atom. The van der Waals surface area contributed by atoms with E-state index in [9.17, 15) is 0 Å². The normalized spacial score (nSPS) is 11.1. The highest BCUT2D eigenvalue weighted by atomic mass is 32.1. The molecule has 1 rings (SSSR count). The van der Waals surface area contributed by atoms with Crippen LogP contribution in [0.3, 0.4) is 0 Å². The zero-order chi connectivity index (χ0) is 9.68. The molecule has 1 aromatic rings. The molecule has 0 radical (unpaired) electrons. The van der Waals surface area contributed by atoms with Crippen LogP contribution < -0.4 is 5.32 Å². The van der Waals surface area contributed by atoms with E-state index < -0.39 is 0 Å². The molecular weight excluding hydrogens is 178 g/mol. The van der Waals surface area contributed by atoms with E-state index in [1.807, 2.05) is 43.6 Å². The van der Waals surface area contributed by atoms with Crippen molar-refractivity contribution in [1.82, 2.24) is 5.32 Å². The van der Waals surface area contributed by atoms with Crippen molar-refractivity contribution in [2.75, 3.05) is 7.05 Å². The number of rotatable bonds is 3. The number of thiol groups is 1. The molecule has 0 aliphatic heterocycles. The monoisotopic (exact) mass is 191 g/mol. The highest BCUT2D eigenvalue weighted by Gasteiger charge is 1.96. The van der Waals surface area contributed by atoms with Crippen LogP contribution in [0.15, 0.2) is 48.0 Å². The first-order valence-electron chi connectivity index (χ1n) is 4.07. The molecule has 68 valence electrons. The van der Waals surface area contributed by atoms with Crippen LogP contribution in [0.1, 0.15) is 5.56 Å². The van der Waals surface area contributed by atoms with Gasteiger partial charge in [-0.2, -0.15) is 0 Å². The van der Waals surface area contributed by atoms with Gasteiger partial charge in [-0.25, -0.2) is 0 Å². The quantitative estimate of drug-likeness (QED) is 0.553. The fraction of sp³-hybridized carbons (Fsp3) is 0.0909. The maximum absolute atomic E-state index is 4.27. The zero-order valence-electron chi connectivity index (χ0n) is 7.62. The molecule has 0 aliphatic carbocycles. The van der Waals surface area contributed by atoms with E-state index in [0.717, 1.165) is 16.0 Å². The van der Waals surface area contributed by atoms with Crippen molar-refractivity contribution in [3.05, 3.63) is 48.7 Å². The summed E-state index contributed by atoms with van der Waals surface area (Å²) in [5, 5.41) is 2.98. The lowest BCUT2D eigenvalue weighted by Gasteiger charge is -2.02. The van der Waals surface area contributed by atoms with Gasteiger partial charge >= 0.3 is 0 Å². The predicted molar refractivity (Wildman–Crippen MR) is 60.9 cm³/mol. The highest BCUT2D eigenvalue weighted by Crippen LogP contribution is 2.17. The number of benzene rings is 1. The molecule has 0 aromatic heterocycles. The lowest BCUT2D eigenvalue weighted by atomic mass is 10.1. The molecule has 0 atom stereocenters. The zero-order valence-corrected chi connectivity index (χ0v) is 8.51. The molecule has 0 bridgehead atoms. The molecule has 0 saturated heterocycles. The van der Waals surface area contributed by atoms with Crippen molar-refractivity contribution >= 4 is 18.2 Å². The molecule has 0 unspecified atom stereocenters. The van der Waals surface area contributed by atoms with Gasteiger partial charge in [0.25, 0.3) is 0 Å². The molecule has 0 aliphatic rings. The van der Waals surface area contributed by atoms with Gasteiger partial charge in [0.15, 0.2) is 0 Å². The number of hydrogen-bond acceptors (Lipinski definition) is 2. The highest BCUT2D eigenvalue weighted by molar-refractivity contribution is 7.80. The van der Waals surface area contributed by atoms with E-state index in [1.54, 1.807) is 0 Å². The minimum Gasteiger partial charge on any atom is -0.393 e. The van der Waals surface area contributed by atoms with Gasteiger partial charge in [-0.05, 0) is 23.3 Å². The van der Waals surface area contributed by atoms with Crippen LogP contribution in [0.5, 0.6) is 0 Å². The summed E-state index contributed by atoms with van der Waals surface area (Å²) in [6.45, 7) is 3.75. The Balaban J connectivity index is 3.05. The third-order valence-corrected chi connectivity index (χ3v) is 1.98.